The normalized spacial score (nSPS) is 27.3. The van der Waals surface area contributed by atoms with E-state index in [9.17, 15) is 54.5 Å². The average Bonchev–Trinajstić information content (AvgIpc) is 3.29. The fourth-order valence-corrected chi connectivity index (χ4v) is 8.41. The Bertz CT molecular complexity index is 2140. The van der Waals surface area contributed by atoms with Crippen molar-refractivity contribution in [3.63, 3.8) is 0 Å². The Morgan fingerprint density at radius 2 is 1.42 bits per heavy atom. The molecule has 1 aliphatic carbocycles. The number of carbonyl (C=O) groups is 5. The number of carbonyl (C=O) groups excluding carboxylic acids is 5. The molecule has 0 radical (unpaired) electrons. The summed E-state index contributed by atoms with van der Waals surface area (Å²) in [5.41, 5.74) is -4.28. The minimum atomic E-state index is -1.88. The van der Waals surface area contributed by atoms with Crippen molar-refractivity contribution in [2.75, 3.05) is 33.3 Å². The topological polar surface area (TPSA) is 347 Å². The number of hydrogen-bond acceptors (Lipinski definition) is 20. The molecule has 1 unspecified atom stereocenters. The summed E-state index contributed by atoms with van der Waals surface area (Å²) < 4.78 is 47.0. The highest BCUT2D eigenvalue weighted by atomic mass is 16.7. The Hall–Kier alpha value is -5.61. The molecule has 3 aliphatic rings. The number of nitro benzene ring substituents is 1. The first-order valence-corrected chi connectivity index (χ1v) is 25.4. The maximum atomic E-state index is 13.9. The minimum absolute atomic E-state index is 0.125. The van der Waals surface area contributed by atoms with Gasteiger partial charge < -0.3 is 89.8 Å². The van der Waals surface area contributed by atoms with Gasteiger partial charge in [-0.25, -0.2) is 19.2 Å². The molecule has 76 heavy (non-hydrogen) atoms. The Morgan fingerprint density at radius 3 is 2.01 bits per heavy atom. The zero-order valence-corrected chi connectivity index (χ0v) is 45.6. The lowest BCUT2D eigenvalue weighted by molar-refractivity contribution is -0.384. The summed E-state index contributed by atoms with van der Waals surface area (Å²) >= 11 is 0. The zero-order valence-electron chi connectivity index (χ0n) is 45.6. The number of amides is 5. The van der Waals surface area contributed by atoms with E-state index in [1.165, 1.54) is 38.2 Å². The van der Waals surface area contributed by atoms with Crippen molar-refractivity contribution < 1.29 is 87.2 Å². The molecule has 4 rings (SSSR count). The number of rotatable bonds is 20. The number of aliphatic hydroxyl groups is 4. The standard InChI is InChI=1S/C50H81N7O19/c1-13-14-22-51-31-20-19-30(25-53-43(62)69-26-28-15-17-29(18-16-28)57(67)68)71-41(31)72-38-33(55-45(64)75-48(5,6)7)24-32(54-40(61)34(58)21-23-52-44(63)74-47(2,3)4)37(35(38)59)73-42-36(60)39(50(11,66)27-70-42)56(12)46(65)76-49(8,9)10/h15-19,31-39,41-42,51,58-60,66H,13-14,20-27H2,1-12H3,(H,52,63)(H,53,62)(H,54,61)(H,55,64)/t31-,32-,33+,34+,35?,36-,37+,38-,39-,41-,42-,50+/m1/s1. The number of nitrogens with zero attached hydrogens (tertiary/aromatic N) is 2. The quantitative estimate of drug-likeness (QED) is 0.0392. The van der Waals surface area contributed by atoms with Gasteiger partial charge in [-0.1, -0.05) is 13.3 Å². The molecule has 430 valence electrons. The van der Waals surface area contributed by atoms with Crippen LogP contribution < -0.4 is 26.6 Å². The number of likely N-dealkylation sites (N-methyl/N-ethyl adjacent to an activating group) is 1. The number of nitro groups is 1. The molecule has 2 heterocycles. The first-order valence-electron chi connectivity index (χ1n) is 25.4. The molecule has 1 aromatic carbocycles. The molecule has 9 N–H and O–H groups in total. The highest BCUT2D eigenvalue weighted by molar-refractivity contribution is 5.81. The summed E-state index contributed by atoms with van der Waals surface area (Å²) in [6.45, 7) is 17.6. The third-order valence-corrected chi connectivity index (χ3v) is 11.9. The van der Waals surface area contributed by atoms with Crippen molar-refractivity contribution in [3.8, 4) is 0 Å². The van der Waals surface area contributed by atoms with Gasteiger partial charge in [-0.05, 0) is 125 Å². The molecular weight excluding hydrogens is 1000 g/mol. The molecule has 2 aliphatic heterocycles. The molecule has 2 fully saturated rings. The van der Waals surface area contributed by atoms with Crippen molar-refractivity contribution in [1.29, 1.82) is 0 Å². The highest BCUT2D eigenvalue weighted by Crippen LogP contribution is 2.35. The highest BCUT2D eigenvalue weighted by Gasteiger charge is 2.55. The lowest BCUT2D eigenvalue weighted by Gasteiger charge is -2.50. The van der Waals surface area contributed by atoms with Gasteiger partial charge in [0.15, 0.2) is 6.29 Å². The van der Waals surface area contributed by atoms with Crippen LogP contribution in [0.1, 0.15) is 114 Å². The fraction of sp³-hybridized carbons (Fsp3) is 0.740. The number of benzene rings is 1. The van der Waals surface area contributed by atoms with E-state index in [-0.39, 0.29) is 50.4 Å². The fourth-order valence-electron chi connectivity index (χ4n) is 8.41. The molecule has 0 aromatic heterocycles. The van der Waals surface area contributed by atoms with Crippen LogP contribution in [-0.2, 0) is 49.3 Å². The van der Waals surface area contributed by atoms with Crippen LogP contribution in [0.4, 0.5) is 24.9 Å². The van der Waals surface area contributed by atoms with Crippen LogP contribution >= 0.6 is 0 Å². The lowest BCUT2D eigenvalue weighted by Crippen LogP contribution is -2.70. The number of alkyl carbamates (subject to hydrolysis) is 3. The van der Waals surface area contributed by atoms with E-state index >= 15 is 0 Å². The van der Waals surface area contributed by atoms with Crippen molar-refractivity contribution in [3.05, 3.63) is 51.8 Å². The molecular formula is C50H81N7O19. The van der Waals surface area contributed by atoms with E-state index in [4.69, 9.17) is 37.9 Å². The van der Waals surface area contributed by atoms with Gasteiger partial charge in [0.25, 0.3) is 5.69 Å². The van der Waals surface area contributed by atoms with E-state index in [0.717, 1.165) is 17.7 Å². The molecule has 5 amide bonds. The molecule has 0 spiro atoms. The van der Waals surface area contributed by atoms with Crippen LogP contribution in [0.15, 0.2) is 36.1 Å². The van der Waals surface area contributed by atoms with E-state index in [1.54, 1.807) is 68.4 Å². The first-order chi connectivity index (χ1) is 35.3. The van der Waals surface area contributed by atoms with Crippen LogP contribution in [-0.4, -0.2) is 183 Å². The monoisotopic (exact) mass is 1080 g/mol. The van der Waals surface area contributed by atoms with Gasteiger partial charge in [0.1, 0.15) is 65.3 Å². The molecule has 26 heteroatoms. The third-order valence-electron chi connectivity index (χ3n) is 11.9. The Labute approximate surface area is 443 Å². The van der Waals surface area contributed by atoms with Crippen LogP contribution in [0.2, 0.25) is 0 Å². The van der Waals surface area contributed by atoms with Gasteiger partial charge in [-0.2, -0.15) is 0 Å². The van der Waals surface area contributed by atoms with E-state index in [2.05, 4.69) is 26.6 Å². The van der Waals surface area contributed by atoms with Gasteiger partial charge >= 0.3 is 24.4 Å². The molecule has 12 atom stereocenters. The molecule has 1 saturated heterocycles. The van der Waals surface area contributed by atoms with Crippen LogP contribution in [0.3, 0.4) is 0 Å². The molecule has 1 aromatic rings. The number of aliphatic hydroxyl groups excluding tert-OH is 3. The Balaban J connectivity index is 1.68. The SMILES string of the molecule is CCCCN[C@@H]1CC=C(CNC(=O)OCc2ccc([N+](=O)[O-])cc2)O[C@@H]1O[C@H]1C(O)[C@@H](O[C@H]2OC[C@](C)(O)[C@H](N(C)C(=O)OC(C)(C)C)[C@H]2O)[C@H](NC(=O)[C@@H](O)CCNC(=O)OC(C)(C)C)C[C@@H]1NC(=O)OC(C)(C)C. The predicted molar refractivity (Wildman–Crippen MR) is 270 cm³/mol. The third kappa shape index (κ3) is 19.8. The summed E-state index contributed by atoms with van der Waals surface area (Å²) in [5.74, 6) is -0.751. The van der Waals surface area contributed by atoms with Crippen LogP contribution in [0.25, 0.3) is 0 Å². The zero-order chi connectivity index (χ0) is 56.9. The second kappa shape index (κ2) is 27.1. The van der Waals surface area contributed by atoms with Gasteiger partial charge in [0.05, 0.1) is 42.2 Å². The largest absolute Gasteiger partial charge is 0.466 e. The van der Waals surface area contributed by atoms with Gasteiger partial charge in [-0.15, -0.1) is 0 Å². The predicted octanol–water partition coefficient (Wildman–Crippen LogP) is 3.10. The minimum Gasteiger partial charge on any atom is -0.466 e. The Morgan fingerprint density at radius 1 is 0.829 bits per heavy atom. The second-order valence-electron chi connectivity index (χ2n) is 22.3. The maximum absolute atomic E-state index is 13.9. The van der Waals surface area contributed by atoms with Crippen LogP contribution in [0, 0.1) is 10.1 Å². The molecule has 0 bridgehead atoms. The summed E-state index contributed by atoms with van der Waals surface area (Å²) in [4.78, 5) is 77.5. The van der Waals surface area contributed by atoms with E-state index in [1.807, 2.05) is 6.92 Å². The number of unbranched alkanes of at least 4 members (excludes halogenated alkanes) is 1. The van der Waals surface area contributed by atoms with Crippen molar-refractivity contribution in [1.82, 2.24) is 31.5 Å². The Kier molecular flexibility index (Phi) is 22.5. The van der Waals surface area contributed by atoms with Crippen molar-refractivity contribution >= 4 is 36.0 Å². The lowest BCUT2D eigenvalue weighted by atomic mass is 9.82. The van der Waals surface area contributed by atoms with Crippen molar-refractivity contribution in [2.24, 2.45) is 0 Å². The number of non-ortho nitro benzene ring substituents is 1. The second-order valence-corrected chi connectivity index (χ2v) is 22.3. The summed E-state index contributed by atoms with van der Waals surface area (Å²) in [5, 5.41) is 72.1. The summed E-state index contributed by atoms with van der Waals surface area (Å²) in [6, 6.07) is 0.904. The van der Waals surface area contributed by atoms with Gasteiger partial charge in [-0.3, -0.25) is 14.9 Å². The summed E-state index contributed by atoms with van der Waals surface area (Å²) in [6.07, 6.45) is -12.0. The smallest absolute Gasteiger partial charge is 0.410 e. The van der Waals surface area contributed by atoms with E-state index < -0.39 is 131 Å². The van der Waals surface area contributed by atoms with Crippen molar-refractivity contribution in [2.45, 2.75) is 205 Å². The van der Waals surface area contributed by atoms with E-state index in [0.29, 0.717) is 12.1 Å². The van der Waals surface area contributed by atoms with Crippen LogP contribution in [0.5, 0.6) is 0 Å². The summed E-state index contributed by atoms with van der Waals surface area (Å²) in [7, 11) is 1.31. The molecule has 1 saturated carbocycles. The maximum Gasteiger partial charge on any atom is 0.410 e. The molecule has 26 nitrogen and oxygen atoms in total. The first kappa shape index (κ1) is 62.9. The number of nitrogens with one attached hydrogen (secondary N) is 5. The number of hydrogen-bond donors (Lipinski definition) is 9. The number of ether oxygens (including phenoxy) is 8. The van der Waals surface area contributed by atoms with Gasteiger partial charge in [0.2, 0.25) is 12.2 Å². The average molecular weight is 1080 g/mol. The van der Waals surface area contributed by atoms with Gasteiger partial charge in [0, 0.05) is 25.7 Å².